The first-order valence-corrected chi connectivity index (χ1v) is 6.65. The maximum Gasteiger partial charge on any atom is 0.328 e. The number of nitrogens with zero attached hydrogens (tertiary/aromatic N) is 2. The Kier molecular flexibility index (Phi) is 4.33. The lowest BCUT2D eigenvalue weighted by atomic mass is 10.2. The van der Waals surface area contributed by atoms with Gasteiger partial charge in [-0.05, 0) is 37.6 Å². The smallest absolute Gasteiger partial charge is 0.328 e. The predicted octanol–water partition coefficient (Wildman–Crippen LogP) is 3.58. The van der Waals surface area contributed by atoms with Crippen LogP contribution in [0.3, 0.4) is 0 Å². The molecule has 0 saturated carbocycles. The molecular weight excluding hydrogens is 292 g/mol. The topological polar surface area (TPSA) is 64.3 Å². The van der Waals surface area contributed by atoms with Crippen molar-refractivity contribution in [3.05, 3.63) is 46.1 Å². The van der Waals surface area contributed by atoms with Crippen LogP contribution in [0.25, 0.3) is 6.08 Å². The summed E-state index contributed by atoms with van der Waals surface area (Å²) >= 11 is 5.98. The number of rotatable bonds is 4. The van der Waals surface area contributed by atoms with Crippen LogP contribution in [0.1, 0.15) is 16.8 Å². The van der Waals surface area contributed by atoms with Gasteiger partial charge >= 0.3 is 5.97 Å². The Morgan fingerprint density at radius 3 is 2.81 bits per heavy atom. The number of carboxylic acids is 1. The number of hydrogen-bond donors (Lipinski definition) is 1. The fraction of sp³-hybridized carbons (Fsp3) is 0.200. The lowest BCUT2D eigenvalue weighted by Gasteiger charge is -2.10. The zero-order valence-corrected chi connectivity index (χ0v) is 12.7. The Labute approximate surface area is 127 Å². The van der Waals surface area contributed by atoms with Crippen molar-refractivity contribution in [1.29, 1.82) is 0 Å². The highest BCUT2D eigenvalue weighted by atomic mass is 35.5. The van der Waals surface area contributed by atoms with Gasteiger partial charge in [0.05, 0.1) is 11.3 Å². The van der Waals surface area contributed by atoms with E-state index < -0.39 is 5.97 Å². The van der Waals surface area contributed by atoms with Crippen LogP contribution >= 0.6 is 11.6 Å². The number of aromatic nitrogens is 2. The van der Waals surface area contributed by atoms with Gasteiger partial charge in [-0.1, -0.05) is 17.7 Å². The average Bonchev–Trinajstić information content (AvgIpc) is 2.66. The molecule has 0 bridgehead atoms. The lowest BCUT2D eigenvalue weighted by molar-refractivity contribution is -0.131. The third-order valence-corrected chi connectivity index (χ3v) is 3.20. The molecule has 2 aromatic rings. The number of halogens is 1. The highest BCUT2D eigenvalue weighted by Gasteiger charge is 2.14. The molecule has 0 aliphatic heterocycles. The van der Waals surface area contributed by atoms with Crippen LogP contribution in [-0.2, 0) is 11.8 Å². The van der Waals surface area contributed by atoms with Crippen LogP contribution in [-0.4, -0.2) is 20.9 Å². The average molecular weight is 307 g/mol. The van der Waals surface area contributed by atoms with Crippen molar-refractivity contribution >= 4 is 23.6 Å². The zero-order chi connectivity index (χ0) is 15.6. The molecule has 0 radical (unpaired) electrons. The Morgan fingerprint density at radius 2 is 2.14 bits per heavy atom. The van der Waals surface area contributed by atoms with Crippen molar-refractivity contribution in [2.45, 2.75) is 13.8 Å². The third-order valence-electron chi connectivity index (χ3n) is 2.96. The SMILES string of the molecule is Cc1ccc(Cl)cc1Oc1c(C=CC(=O)O)c(C)nn1C. The summed E-state index contributed by atoms with van der Waals surface area (Å²) in [6.45, 7) is 3.70. The molecule has 1 N–H and O–H groups in total. The fourth-order valence-electron chi connectivity index (χ4n) is 1.91. The molecule has 5 nitrogen and oxygen atoms in total. The Hall–Kier alpha value is -2.27. The van der Waals surface area contributed by atoms with Gasteiger partial charge < -0.3 is 9.84 Å². The molecule has 0 saturated heterocycles. The van der Waals surface area contributed by atoms with Gasteiger partial charge in [-0.3, -0.25) is 0 Å². The molecule has 6 heteroatoms. The standard InChI is InChI=1S/C15H15ClN2O3/c1-9-4-5-11(16)8-13(9)21-15-12(6-7-14(19)20)10(2)17-18(15)3/h4-8H,1-3H3,(H,19,20). The van der Waals surface area contributed by atoms with Gasteiger partial charge in [-0.2, -0.15) is 5.10 Å². The molecule has 0 atom stereocenters. The van der Waals surface area contributed by atoms with Crippen molar-refractivity contribution in [1.82, 2.24) is 9.78 Å². The summed E-state index contributed by atoms with van der Waals surface area (Å²) in [5.74, 6) is 0.0500. The van der Waals surface area contributed by atoms with Crippen molar-refractivity contribution in [2.75, 3.05) is 0 Å². The van der Waals surface area contributed by atoms with Crippen molar-refractivity contribution < 1.29 is 14.6 Å². The second-order valence-corrected chi connectivity index (χ2v) is 5.05. The number of carbonyl (C=O) groups is 1. The third kappa shape index (κ3) is 3.44. The molecule has 0 spiro atoms. The van der Waals surface area contributed by atoms with Crippen LogP contribution in [0.2, 0.25) is 5.02 Å². The summed E-state index contributed by atoms with van der Waals surface area (Å²) in [5, 5.41) is 13.6. The molecular formula is C15H15ClN2O3. The van der Waals surface area contributed by atoms with E-state index in [0.29, 0.717) is 27.9 Å². The van der Waals surface area contributed by atoms with Gasteiger partial charge in [0.15, 0.2) is 0 Å². The van der Waals surface area contributed by atoms with E-state index in [2.05, 4.69) is 5.10 Å². The van der Waals surface area contributed by atoms with Gasteiger partial charge in [-0.25, -0.2) is 9.48 Å². The van der Waals surface area contributed by atoms with E-state index in [9.17, 15) is 4.79 Å². The molecule has 0 aliphatic rings. The number of aliphatic carboxylic acids is 1. The van der Waals surface area contributed by atoms with Crippen LogP contribution in [0.4, 0.5) is 0 Å². The summed E-state index contributed by atoms with van der Waals surface area (Å²) in [5.41, 5.74) is 2.23. The fourth-order valence-corrected chi connectivity index (χ4v) is 2.07. The summed E-state index contributed by atoms with van der Waals surface area (Å²) < 4.78 is 7.44. The van der Waals surface area contributed by atoms with Crippen LogP contribution in [0.5, 0.6) is 11.6 Å². The molecule has 0 amide bonds. The minimum absolute atomic E-state index is 0.468. The Bertz CT molecular complexity index is 720. The minimum atomic E-state index is -1.02. The van der Waals surface area contributed by atoms with Gasteiger partial charge in [0.25, 0.3) is 0 Å². The van der Waals surface area contributed by atoms with Gasteiger partial charge in [0.1, 0.15) is 5.75 Å². The van der Waals surface area contributed by atoms with E-state index in [1.165, 1.54) is 6.08 Å². The first kappa shape index (κ1) is 15.1. The first-order chi connectivity index (χ1) is 9.88. The molecule has 110 valence electrons. The van der Waals surface area contributed by atoms with Crippen LogP contribution in [0.15, 0.2) is 24.3 Å². The summed E-state index contributed by atoms with van der Waals surface area (Å²) in [6, 6.07) is 5.35. The Balaban J connectivity index is 2.44. The lowest BCUT2D eigenvalue weighted by Crippen LogP contribution is -1.97. The quantitative estimate of drug-likeness (QED) is 0.877. The van der Waals surface area contributed by atoms with E-state index in [-0.39, 0.29) is 0 Å². The number of benzene rings is 1. The van der Waals surface area contributed by atoms with E-state index >= 15 is 0 Å². The normalized spacial score (nSPS) is 11.0. The highest BCUT2D eigenvalue weighted by Crippen LogP contribution is 2.31. The van der Waals surface area contributed by atoms with Crippen LogP contribution in [0, 0.1) is 13.8 Å². The van der Waals surface area contributed by atoms with E-state index in [1.54, 1.807) is 30.8 Å². The molecule has 2 rings (SSSR count). The van der Waals surface area contributed by atoms with Gasteiger partial charge in [-0.15, -0.1) is 0 Å². The molecule has 0 aliphatic carbocycles. The zero-order valence-electron chi connectivity index (χ0n) is 11.9. The van der Waals surface area contributed by atoms with Gasteiger partial charge in [0.2, 0.25) is 5.88 Å². The van der Waals surface area contributed by atoms with E-state index in [4.69, 9.17) is 21.4 Å². The maximum absolute atomic E-state index is 10.7. The maximum atomic E-state index is 10.7. The summed E-state index contributed by atoms with van der Waals surface area (Å²) in [4.78, 5) is 10.7. The van der Waals surface area contributed by atoms with E-state index in [0.717, 1.165) is 11.6 Å². The molecule has 1 aromatic heterocycles. The first-order valence-electron chi connectivity index (χ1n) is 6.27. The molecule has 1 heterocycles. The van der Waals surface area contributed by atoms with Crippen molar-refractivity contribution in [3.63, 3.8) is 0 Å². The summed E-state index contributed by atoms with van der Waals surface area (Å²) in [7, 11) is 1.74. The second kappa shape index (κ2) is 6.01. The highest BCUT2D eigenvalue weighted by molar-refractivity contribution is 6.30. The van der Waals surface area contributed by atoms with Gasteiger partial charge in [0, 0.05) is 18.1 Å². The second-order valence-electron chi connectivity index (χ2n) is 4.61. The van der Waals surface area contributed by atoms with Crippen molar-refractivity contribution in [3.8, 4) is 11.6 Å². The molecule has 0 fully saturated rings. The molecule has 21 heavy (non-hydrogen) atoms. The number of hydrogen-bond acceptors (Lipinski definition) is 3. The predicted molar refractivity (Wildman–Crippen MR) is 80.9 cm³/mol. The van der Waals surface area contributed by atoms with E-state index in [1.807, 2.05) is 13.0 Å². The minimum Gasteiger partial charge on any atom is -0.478 e. The Morgan fingerprint density at radius 1 is 1.43 bits per heavy atom. The van der Waals surface area contributed by atoms with Crippen molar-refractivity contribution in [2.24, 2.45) is 7.05 Å². The summed E-state index contributed by atoms with van der Waals surface area (Å²) in [6.07, 6.45) is 2.53. The monoisotopic (exact) mass is 306 g/mol. The molecule has 0 unspecified atom stereocenters. The molecule has 1 aromatic carbocycles. The largest absolute Gasteiger partial charge is 0.478 e. The number of aryl methyl sites for hydroxylation is 3. The number of carboxylic acid groups (broad SMARTS) is 1. The number of ether oxygens (including phenoxy) is 1. The van der Waals surface area contributed by atoms with Crippen LogP contribution < -0.4 is 4.74 Å².